The summed E-state index contributed by atoms with van der Waals surface area (Å²) in [5.74, 6) is 0. The van der Waals surface area contributed by atoms with Crippen molar-refractivity contribution >= 4 is 11.8 Å². The fourth-order valence-corrected chi connectivity index (χ4v) is 2.09. The predicted molar refractivity (Wildman–Crippen MR) is 69.8 cm³/mol. The van der Waals surface area contributed by atoms with E-state index in [1.54, 1.807) is 4.90 Å². The first kappa shape index (κ1) is 12.9. The largest absolute Gasteiger partial charge is 0.449 e. The van der Waals surface area contributed by atoms with Crippen LogP contribution in [0.4, 0.5) is 10.5 Å². The van der Waals surface area contributed by atoms with Crippen LogP contribution in [0.3, 0.4) is 0 Å². The lowest BCUT2D eigenvalue weighted by molar-refractivity contribution is 0.110. The highest BCUT2D eigenvalue weighted by atomic mass is 16.6. The number of ether oxygens (including phenoxy) is 2. The number of rotatable bonds is 4. The second kappa shape index (κ2) is 6.40. The summed E-state index contributed by atoms with van der Waals surface area (Å²) in [6.07, 6.45) is 1.88. The fraction of sp³-hybridized carbons (Fsp3) is 0.500. The molecule has 1 saturated heterocycles. The molecule has 1 heterocycles. The van der Waals surface area contributed by atoms with E-state index >= 15 is 0 Å². The third-order valence-corrected chi connectivity index (χ3v) is 2.97. The molecule has 1 aliphatic rings. The minimum atomic E-state index is -0.306. The van der Waals surface area contributed by atoms with E-state index < -0.39 is 0 Å². The Hall–Kier alpha value is -1.55. The van der Waals surface area contributed by atoms with Gasteiger partial charge in [-0.05, 0) is 31.9 Å². The Morgan fingerprint density at radius 3 is 2.83 bits per heavy atom. The van der Waals surface area contributed by atoms with Gasteiger partial charge in [-0.15, -0.1) is 0 Å². The van der Waals surface area contributed by atoms with Crippen molar-refractivity contribution in [1.82, 2.24) is 0 Å². The van der Waals surface area contributed by atoms with Crippen LogP contribution in [0, 0.1) is 0 Å². The molecule has 0 N–H and O–H groups in total. The molecule has 2 rings (SSSR count). The number of hydrogen-bond acceptors (Lipinski definition) is 3. The summed E-state index contributed by atoms with van der Waals surface area (Å²) in [6.45, 7) is 3.54. The minimum absolute atomic E-state index is 0.120. The summed E-state index contributed by atoms with van der Waals surface area (Å²) in [4.78, 5) is 13.6. The van der Waals surface area contributed by atoms with Crippen molar-refractivity contribution in [2.45, 2.75) is 25.9 Å². The van der Waals surface area contributed by atoms with Crippen LogP contribution in [0.15, 0.2) is 30.3 Å². The zero-order valence-electron chi connectivity index (χ0n) is 10.7. The van der Waals surface area contributed by atoms with Gasteiger partial charge in [0.15, 0.2) is 0 Å². The molecule has 0 spiro atoms. The van der Waals surface area contributed by atoms with E-state index in [0.717, 1.165) is 25.1 Å². The maximum atomic E-state index is 12.0. The topological polar surface area (TPSA) is 38.8 Å². The van der Waals surface area contributed by atoms with Gasteiger partial charge in [0.05, 0.1) is 19.3 Å². The van der Waals surface area contributed by atoms with Crippen molar-refractivity contribution in [3.05, 3.63) is 30.3 Å². The highest BCUT2D eigenvalue weighted by Gasteiger charge is 2.24. The molecule has 0 radical (unpaired) electrons. The summed E-state index contributed by atoms with van der Waals surface area (Å²) in [5, 5.41) is 0. The van der Waals surface area contributed by atoms with Crippen molar-refractivity contribution < 1.29 is 14.3 Å². The van der Waals surface area contributed by atoms with Gasteiger partial charge in [0.25, 0.3) is 0 Å². The van der Waals surface area contributed by atoms with E-state index in [9.17, 15) is 4.79 Å². The van der Waals surface area contributed by atoms with Crippen molar-refractivity contribution in [3.8, 4) is 0 Å². The summed E-state index contributed by atoms with van der Waals surface area (Å²) < 4.78 is 10.7. The molecule has 0 aliphatic carbocycles. The van der Waals surface area contributed by atoms with E-state index in [2.05, 4.69) is 0 Å². The predicted octanol–water partition coefficient (Wildman–Crippen LogP) is 2.83. The molecule has 1 atom stereocenters. The molecule has 1 unspecified atom stereocenters. The molecule has 1 aromatic rings. The molecule has 1 amide bonds. The quantitative estimate of drug-likeness (QED) is 0.823. The Bertz CT molecular complexity index is 374. The molecule has 0 bridgehead atoms. The van der Waals surface area contributed by atoms with E-state index in [4.69, 9.17) is 9.47 Å². The third-order valence-electron chi connectivity index (χ3n) is 2.97. The molecule has 1 aliphatic heterocycles. The summed E-state index contributed by atoms with van der Waals surface area (Å²) >= 11 is 0. The van der Waals surface area contributed by atoms with Crippen LogP contribution in [0.5, 0.6) is 0 Å². The van der Waals surface area contributed by atoms with Gasteiger partial charge < -0.3 is 9.47 Å². The molecule has 4 heteroatoms. The Kier molecular flexibility index (Phi) is 4.59. The van der Waals surface area contributed by atoms with Crippen LogP contribution < -0.4 is 4.90 Å². The molecular formula is C14H19NO3. The Balaban J connectivity index is 2.09. The molecule has 4 nitrogen and oxygen atoms in total. The lowest BCUT2D eigenvalue weighted by Gasteiger charge is -2.24. The molecule has 0 aromatic heterocycles. The highest BCUT2D eigenvalue weighted by Crippen LogP contribution is 2.19. The van der Waals surface area contributed by atoms with E-state index in [1.807, 2.05) is 37.3 Å². The second-order valence-corrected chi connectivity index (χ2v) is 4.28. The number of para-hydroxylation sites is 1. The molecule has 18 heavy (non-hydrogen) atoms. The Morgan fingerprint density at radius 2 is 2.22 bits per heavy atom. The summed E-state index contributed by atoms with van der Waals surface area (Å²) in [6, 6.07) is 9.57. The van der Waals surface area contributed by atoms with Crippen molar-refractivity contribution in [1.29, 1.82) is 0 Å². The standard InChI is InChI=1S/C14H19NO3/c1-2-17-14(16)15(11-13-9-6-10-18-13)12-7-4-3-5-8-12/h3-5,7-8,13H,2,6,9-11H2,1H3. The monoisotopic (exact) mass is 249 g/mol. The number of nitrogens with zero attached hydrogens (tertiary/aromatic N) is 1. The molecule has 1 aromatic carbocycles. The normalized spacial score (nSPS) is 18.6. The third kappa shape index (κ3) is 3.23. The van der Waals surface area contributed by atoms with E-state index in [1.165, 1.54) is 0 Å². The van der Waals surface area contributed by atoms with Crippen LogP contribution in [0.25, 0.3) is 0 Å². The molecular weight excluding hydrogens is 230 g/mol. The Morgan fingerprint density at radius 1 is 1.44 bits per heavy atom. The van der Waals surface area contributed by atoms with Crippen LogP contribution in [-0.4, -0.2) is 32.0 Å². The van der Waals surface area contributed by atoms with E-state index in [0.29, 0.717) is 13.2 Å². The second-order valence-electron chi connectivity index (χ2n) is 4.28. The highest BCUT2D eigenvalue weighted by molar-refractivity contribution is 5.87. The minimum Gasteiger partial charge on any atom is -0.449 e. The first-order valence-corrected chi connectivity index (χ1v) is 6.42. The van der Waals surface area contributed by atoms with Gasteiger partial charge in [-0.1, -0.05) is 18.2 Å². The van der Waals surface area contributed by atoms with Gasteiger partial charge in [-0.25, -0.2) is 4.79 Å². The number of carbonyl (C=O) groups is 1. The maximum Gasteiger partial charge on any atom is 0.414 e. The van der Waals surface area contributed by atoms with Crippen molar-refractivity contribution in [2.75, 3.05) is 24.7 Å². The zero-order chi connectivity index (χ0) is 12.8. The number of benzene rings is 1. The van der Waals surface area contributed by atoms with Crippen LogP contribution in [-0.2, 0) is 9.47 Å². The lowest BCUT2D eigenvalue weighted by atomic mass is 10.2. The van der Waals surface area contributed by atoms with Crippen LogP contribution >= 0.6 is 0 Å². The lowest BCUT2D eigenvalue weighted by Crippen LogP contribution is -2.37. The van der Waals surface area contributed by atoms with Gasteiger partial charge >= 0.3 is 6.09 Å². The SMILES string of the molecule is CCOC(=O)N(CC1CCCO1)c1ccccc1. The van der Waals surface area contributed by atoms with Gasteiger partial charge in [-0.2, -0.15) is 0 Å². The number of carbonyl (C=O) groups excluding carboxylic acids is 1. The fourth-order valence-electron chi connectivity index (χ4n) is 2.09. The molecule has 98 valence electrons. The maximum absolute atomic E-state index is 12.0. The average Bonchev–Trinajstić information content (AvgIpc) is 2.90. The van der Waals surface area contributed by atoms with Gasteiger partial charge in [0, 0.05) is 12.3 Å². The number of amides is 1. The smallest absolute Gasteiger partial charge is 0.414 e. The zero-order valence-corrected chi connectivity index (χ0v) is 10.7. The number of hydrogen-bond donors (Lipinski definition) is 0. The molecule has 1 fully saturated rings. The first-order valence-electron chi connectivity index (χ1n) is 6.42. The summed E-state index contributed by atoms with van der Waals surface area (Å²) in [5.41, 5.74) is 0.853. The van der Waals surface area contributed by atoms with Gasteiger partial charge in [0.2, 0.25) is 0 Å². The van der Waals surface area contributed by atoms with Crippen molar-refractivity contribution in [3.63, 3.8) is 0 Å². The first-order chi connectivity index (χ1) is 8.81. The van der Waals surface area contributed by atoms with Crippen molar-refractivity contribution in [2.24, 2.45) is 0 Å². The van der Waals surface area contributed by atoms with Crippen LogP contribution in [0.2, 0.25) is 0 Å². The number of anilines is 1. The van der Waals surface area contributed by atoms with Gasteiger partial charge in [0.1, 0.15) is 0 Å². The van der Waals surface area contributed by atoms with Gasteiger partial charge in [-0.3, -0.25) is 4.90 Å². The van der Waals surface area contributed by atoms with Crippen LogP contribution in [0.1, 0.15) is 19.8 Å². The Labute approximate surface area is 107 Å². The van der Waals surface area contributed by atoms with E-state index in [-0.39, 0.29) is 12.2 Å². The molecule has 0 saturated carbocycles. The average molecular weight is 249 g/mol. The summed E-state index contributed by atoms with van der Waals surface area (Å²) in [7, 11) is 0.